The molecule has 0 aliphatic carbocycles. The third kappa shape index (κ3) is 4.79. The van der Waals surface area contributed by atoms with E-state index in [0.29, 0.717) is 29.4 Å². The Hall–Kier alpha value is -2.50. The van der Waals surface area contributed by atoms with Gasteiger partial charge in [-0.1, -0.05) is 54.1 Å². The second kappa shape index (κ2) is 9.54. The Kier molecular flexibility index (Phi) is 6.60. The van der Waals surface area contributed by atoms with Crippen LogP contribution in [0.5, 0.6) is 0 Å². The molecular weight excluding hydrogens is 416 g/mol. The molecule has 154 valence electrons. The lowest BCUT2D eigenvalue weighted by Crippen LogP contribution is -2.47. The van der Waals surface area contributed by atoms with Gasteiger partial charge in [0.1, 0.15) is 0 Å². The van der Waals surface area contributed by atoms with Crippen LogP contribution in [0.25, 0.3) is 10.8 Å². The number of carbonyl (C=O) groups excluding carboxylic acids is 2. The summed E-state index contributed by atoms with van der Waals surface area (Å²) in [5.74, 6) is 0.450. The molecule has 3 aromatic rings. The molecule has 1 fully saturated rings. The zero-order valence-electron chi connectivity index (χ0n) is 16.5. The van der Waals surface area contributed by atoms with Gasteiger partial charge in [0.15, 0.2) is 0 Å². The molecule has 4 rings (SSSR count). The number of carbonyl (C=O) groups is 2. The summed E-state index contributed by atoms with van der Waals surface area (Å²) in [5.41, 5.74) is 0.668. The maximum Gasteiger partial charge on any atom is 0.251 e. The molecule has 1 saturated heterocycles. The molecule has 1 N–H and O–H groups in total. The Balaban J connectivity index is 1.30. The third-order valence-corrected chi connectivity index (χ3v) is 6.74. The molecule has 0 aromatic heterocycles. The van der Waals surface area contributed by atoms with Crippen LogP contribution in [0.1, 0.15) is 23.2 Å². The smallest absolute Gasteiger partial charge is 0.251 e. The van der Waals surface area contributed by atoms with E-state index in [0.717, 1.165) is 28.5 Å². The molecular formula is C24H23ClN2O2S. The van der Waals surface area contributed by atoms with E-state index in [2.05, 4.69) is 5.32 Å². The quantitative estimate of drug-likeness (QED) is 0.570. The number of hydrogen-bond donors (Lipinski definition) is 1. The molecule has 1 heterocycles. The van der Waals surface area contributed by atoms with E-state index >= 15 is 0 Å². The van der Waals surface area contributed by atoms with Gasteiger partial charge < -0.3 is 10.2 Å². The fourth-order valence-electron chi connectivity index (χ4n) is 3.74. The summed E-state index contributed by atoms with van der Waals surface area (Å²) in [6, 6.07) is 21.2. The van der Waals surface area contributed by atoms with Gasteiger partial charge in [0, 0.05) is 40.0 Å². The molecule has 0 saturated carbocycles. The number of hydrogen-bond acceptors (Lipinski definition) is 3. The number of halogens is 1. The van der Waals surface area contributed by atoms with E-state index in [4.69, 9.17) is 11.6 Å². The predicted octanol–water partition coefficient (Wildman–Crippen LogP) is 5.01. The number of piperidine rings is 1. The zero-order valence-corrected chi connectivity index (χ0v) is 18.1. The topological polar surface area (TPSA) is 49.4 Å². The van der Waals surface area contributed by atoms with Crippen molar-refractivity contribution < 1.29 is 9.59 Å². The molecule has 4 nitrogen and oxygen atoms in total. The number of benzene rings is 3. The monoisotopic (exact) mass is 438 g/mol. The minimum Gasteiger partial charge on any atom is -0.349 e. The highest BCUT2D eigenvalue weighted by Gasteiger charge is 2.24. The van der Waals surface area contributed by atoms with Crippen LogP contribution in [0.4, 0.5) is 0 Å². The highest BCUT2D eigenvalue weighted by Crippen LogP contribution is 2.33. The van der Waals surface area contributed by atoms with Gasteiger partial charge >= 0.3 is 0 Å². The van der Waals surface area contributed by atoms with Crippen molar-refractivity contribution in [1.29, 1.82) is 0 Å². The Morgan fingerprint density at radius 2 is 1.67 bits per heavy atom. The maximum absolute atomic E-state index is 12.7. The first-order valence-electron chi connectivity index (χ1n) is 10.1. The van der Waals surface area contributed by atoms with Crippen LogP contribution in [-0.4, -0.2) is 41.6 Å². The van der Waals surface area contributed by atoms with E-state index in [9.17, 15) is 9.59 Å². The van der Waals surface area contributed by atoms with E-state index in [1.807, 2.05) is 71.6 Å². The fourth-order valence-corrected chi connectivity index (χ4v) is 5.09. The average Bonchev–Trinajstić information content (AvgIpc) is 2.78. The predicted molar refractivity (Wildman–Crippen MR) is 123 cm³/mol. The van der Waals surface area contributed by atoms with Crippen molar-refractivity contribution in [1.82, 2.24) is 10.2 Å². The molecule has 0 radical (unpaired) electrons. The molecule has 1 aliphatic heterocycles. The first-order valence-corrected chi connectivity index (χ1v) is 11.4. The summed E-state index contributed by atoms with van der Waals surface area (Å²) in [7, 11) is 0. The number of likely N-dealkylation sites (tertiary alicyclic amines) is 1. The summed E-state index contributed by atoms with van der Waals surface area (Å²) >= 11 is 7.91. The van der Waals surface area contributed by atoms with Gasteiger partial charge in [-0.2, -0.15) is 0 Å². The standard InChI is InChI=1S/C24H23ClN2O2S/c25-20-10-4-8-17-9-5-11-21(23(17)20)30-16-22(28)27-14-12-19(13-15-27)26-24(29)18-6-2-1-3-7-18/h1-11,19H,12-16H2,(H,26,29). The Labute approximate surface area is 185 Å². The molecule has 0 spiro atoms. The van der Waals surface area contributed by atoms with Gasteiger partial charge in [-0.25, -0.2) is 0 Å². The summed E-state index contributed by atoms with van der Waals surface area (Å²) in [5, 5.41) is 5.87. The van der Waals surface area contributed by atoms with Crippen molar-refractivity contribution in [2.24, 2.45) is 0 Å². The second-order valence-electron chi connectivity index (χ2n) is 7.38. The number of nitrogens with zero attached hydrogens (tertiary/aromatic N) is 1. The van der Waals surface area contributed by atoms with Crippen molar-refractivity contribution in [3.05, 3.63) is 77.3 Å². The molecule has 6 heteroatoms. The first-order chi connectivity index (χ1) is 14.6. The lowest BCUT2D eigenvalue weighted by molar-refractivity contribution is -0.129. The van der Waals surface area contributed by atoms with Crippen LogP contribution >= 0.6 is 23.4 Å². The van der Waals surface area contributed by atoms with E-state index in [-0.39, 0.29) is 17.9 Å². The fraction of sp³-hybridized carbons (Fsp3) is 0.250. The van der Waals surface area contributed by atoms with Gasteiger partial charge in [-0.3, -0.25) is 9.59 Å². The second-order valence-corrected chi connectivity index (χ2v) is 8.80. The summed E-state index contributed by atoms with van der Waals surface area (Å²) < 4.78 is 0. The van der Waals surface area contributed by atoms with Gasteiger partial charge in [-0.15, -0.1) is 11.8 Å². The largest absolute Gasteiger partial charge is 0.349 e. The maximum atomic E-state index is 12.7. The molecule has 30 heavy (non-hydrogen) atoms. The van der Waals surface area contributed by atoms with E-state index in [1.54, 1.807) is 0 Å². The van der Waals surface area contributed by atoms with Crippen molar-refractivity contribution >= 4 is 45.9 Å². The summed E-state index contributed by atoms with van der Waals surface area (Å²) in [6.45, 7) is 1.32. The molecule has 0 atom stereocenters. The number of nitrogens with one attached hydrogen (secondary N) is 1. The number of fused-ring (bicyclic) bond motifs is 1. The molecule has 0 unspecified atom stereocenters. The average molecular weight is 439 g/mol. The van der Waals surface area contributed by atoms with Crippen molar-refractivity contribution in [3.8, 4) is 0 Å². The third-order valence-electron chi connectivity index (χ3n) is 5.39. The lowest BCUT2D eigenvalue weighted by atomic mass is 10.0. The van der Waals surface area contributed by atoms with Gasteiger partial charge in [0.25, 0.3) is 5.91 Å². The van der Waals surface area contributed by atoms with Crippen LogP contribution in [-0.2, 0) is 4.79 Å². The van der Waals surface area contributed by atoms with Gasteiger partial charge in [0.05, 0.1) is 5.75 Å². The molecule has 0 bridgehead atoms. The van der Waals surface area contributed by atoms with Crippen molar-refractivity contribution in [2.75, 3.05) is 18.8 Å². The van der Waals surface area contributed by atoms with E-state index in [1.165, 1.54) is 11.8 Å². The van der Waals surface area contributed by atoms with Gasteiger partial charge in [0.2, 0.25) is 5.91 Å². The Morgan fingerprint density at radius 1 is 0.967 bits per heavy atom. The van der Waals surface area contributed by atoms with E-state index < -0.39 is 0 Å². The van der Waals surface area contributed by atoms with Crippen LogP contribution in [0.3, 0.4) is 0 Å². The first kappa shape index (κ1) is 20.8. The summed E-state index contributed by atoms with van der Waals surface area (Å²) in [6.07, 6.45) is 1.55. The van der Waals surface area contributed by atoms with Crippen molar-refractivity contribution in [2.45, 2.75) is 23.8 Å². The van der Waals surface area contributed by atoms with Crippen molar-refractivity contribution in [3.63, 3.8) is 0 Å². The highest BCUT2D eigenvalue weighted by atomic mass is 35.5. The minimum absolute atomic E-state index is 0.0521. The molecule has 3 aromatic carbocycles. The molecule has 1 aliphatic rings. The number of thioether (sulfide) groups is 1. The Bertz CT molecular complexity index is 1040. The number of rotatable bonds is 5. The number of amides is 2. The highest BCUT2D eigenvalue weighted by molar-refractivity contribution is 8.00. The van der Waals surface area contributed by atoms with Crippen LogP contribution in [0.2, 0.25) is 5.02 Å². The lowest BCUT2D eigenvalue weighted by Gasteiger charge is -2.32. The molecule has 2 amide bonds. The van der Waals surface area contributed by atoms with Crippen LogP contribution in [0.15, 0.2) is 71.6 Å². The Morgan fingerprint density at radius 3 is 2.40 bits per heavy atom. The van der Waals surface area contributed by atoms with Gasteiger partial charge in [-0.05, 0) is 42.5 Å². The zero-order chi connectivity index (χ0) is 20.9. The van der Waals surface area contributed by atoms with Crippen LogP contribution < -0.4 is 5.32 Å². The minimum atomic E-state index is -0.0521. The normalized spacial score (nSPS) is 14.6. The SMILES string of the molecule is O=C(NC1CCN(C(=O)CSc2cccc3cccc(Cl)c23)CC1)c1ccccc1. The van der Waals surface area contributed by atoms with Crippen LogP contribution in [0, 0.1) is 0 Å². The summed E-state index contributed by atoms with van der Waals surface area (Å²) in [4.78, 5) is 28.0.